The Morgan fingerprint density at radius 2 is 1.36 bits per heavy atom. The molecule has 5 unspecified atom stereocenters. The Morgan fingerprint density at radius 1 is 0.755 bits per heavy atom. The minimum absolute atomic E-state index is 0.150. The number of allylic oxidation sites excluding steroid dienone is 6. The Kier molecular flexibility index (Phi) is 36.9. The summed E-state index contributed by atoms with van der Waals surface area (Å²) in [6, 6.07) is 22.2. The average molecular weight is 1280 g/mol. The van der Waals surface area contributed by atoms with Gasteiger partial charge in [0.2, 0.25) is 0 Å². The molecule has 9 rings (SSSR count). The molecule has 4 saturated carbocycles. The summed E-state index contributed by atoms with van der Waals surface area (Å²) in [5.41, 5.74) is 24.3. The lowest BCUT2D eigenvalue weighted by molar-refractivity contribution is 0.140. The summed E-state index contributed by atoms with van der Waals surface area (Å²) in [6.45, 7) is 69.5. The molecule has 0 amide bonds. The van der Waals surface area contributed by atoms with Gasteiger partial charge in [-0.2, -0.15) is 0 Å². The minimum Gasteiger partial charge on any atom is -0.367 e. The van der Waals surface area contributed by atoms with Crippen LogP contribution in [-0.2, 0) is 12.8 Å². The van der Waals surface area contributed by atoms with Gasteiger partial charge >= 0.3 is 0 Å². The van der Waals surface area contributed by atoms with Crippen molar-refractivity contribution in [1.29, 1.82) is 0 Å². The number of aryl methyl sites for hydroxylation is 1. The fourth-order valence-corrected chi connectivity index (χ4v) is 14.4. The molecule has 1 saturated heterocycles. The Morgan fingerprint density at radius 3 is 1.84 bits per heavy atom. The number of hydrogen-bond donors (Lipinski definition) is 1. The Balaban J connectivity index is 0.000000456. The molecule has 3 heteroatoms. The molecular weight excluding hydrogens is 1140 g/mol. The van der Waals surface area contributed by atoms with E-state index in [1.54, 1.807) is 6.07 Å². The molecular formula is C91H137FN2. The van der Waals surface area contributed by atoms with Crippen LogP contribution in [0.5, 0.6) is 0 Å². The van der Waals surface area contributed by atoms with E-state index in [1.165, 1.54) is 134 Å². The van der Waals surface area contributed by atoms with Gasteiger partial charge in [0.05, 0.1) is 0 Å². The molecule has 0 radical (unpaired) electrons. The normalized spacial score (nSPS) is 19.4. The standard InChI is InChI=1S/C50H61FN2.C18H22.C12H24.C5H12.3C2H6/c1-9-41-43(31(3)4)27-46(51)35(8)48(41)49-42(14-11-13-36-15-17-37(18-16-36)33(6)39-21-24-50(28-39)22-12-23-50)34(7)44(26-45(49)38-19-20-38)47(10-2)53-30-32(5)25-40(53)29-52;1-5-7-12-18(13-14(18)3)15(4)17-10-8-16(6-2)9-11-17;1-4-7-10-12(9-6-3)11-8-5-2;1-4-5(2)3;3*1-2/h9-11,14-18,26-27,31-32,38-40H,1-2,6-7,12-13,19-25,28-30,52H2,3-5,8H3;5,8-11H,1,3-4,6-7,12-13H2,2H3;4,12H,1,5-11H2,2-3H3;5H,4H2,1-3H3;3*1-2H3/b14-11?,47-44+;;;;;;. The van der Waals surface area contributed by atoms with Crippen molar-refractivity contribution in [2.75, 3.05) is 13.1 Å². The molecule has 1 heterocycles. The quantitative estimate of drug-likeness (QED) is 0.0603. The van der Waals surface area contributed by atoms with E-state index in [2.05, 4.69) is 186 Å². The van der Waals surface area contributed by atoms with E-state index in [4.69, 9.17) is 12.3 Å². The molecule has 1 aliphatic heterocycles. The smallest absolute Gasteiger partial charge is 0.127 e. The van der Waals surface area contributed by atoms with E-state index < -0.39 is 0 Å². The van der Waals surface area contributed by atoms with Gasteiger partial charge in [0.15, 0.2) is 0 Å². The first-order valence-corrected chi connectivity index (χ1v) is 37.8. The monoisotopic (exact) mass is 1280 g/mol. The summed E-state index contributed by atoms with van der Waals surface area (Å²) in [5, 5.41) is 2.05. The fraction of sp³-hybridized carbons (Fsp3) is 0.538. The zero-order valence-corrected chi connectivity index (χ0v) is 63.3. The lowest BCUT2D eigenvalue weighted by atomic mass is 9.67. The zero-order chi connectivity index (χ0) is 70.3. The van der Waals surface area contributed by atoms with E-state index in [1.807, 2.05) is 66.7 Å². The van der Waals surface area contributed by atoms with Crippen molar-refractivity contribution >= 4 is 35.6 Å². The van der Waals surface area contributed by atoms with Crippen LogP contribution < -0.4 is 16.2 Å². The molecule has 5 aliphatic rings. The second-order valence-corrected chi connectivity index (χ2v) is 28.1. The fourth-order valence-electron chi connectivity index (χ4n) is 14.4. The van der Waals surface area contributed by atoms with Crippen LogP contribution in [0.2, 0.25) is 0 Å². The predicted molar refractivity (Wildman–Crippen MR) is 423 cm³/mol. The lowest BCUT2D eigenvalue weighted by Gasteiger charge is -2.38. The number of benzene rings is 4. The largest absolute Gasteiger partial charge is 0.367 e. The van der Waals surface area contributed by atoms with Crippen LogP contribution in [0.4, 0.5) is 4.39 Å². The second kappa shape index (κ2) is 42.0. The molecule has 2 N–H and O–H groups in total. The number of nitrogens with two attached hydrogens (primary N) is 1. The van der Waals surface area contributed by atoms with Crippen molar-refractivity contribution in [3.05, 3.63) is 203 Å². The van der Waals surface area contributed by atoms with Crippen LogP contribution in [0, 0.1) is 47.2 Å². The van der Waals surface area contributed by atoms with Gasteiger partial charge in [-0.15, -0.1) is 13.2 Å². The maximum absolute atomic E-state index is 16.0. The first-order chi connectivity index (χ1) is 45.2. The van der Waals surface area contributed by atoms with Crippen molar-refractivity contribution in [2.24, 2.45) is 40.2 Å². The summed E-state index contributed by atoms with van der Waals surface area (Å²) < 4.78 is 16.0. The molecule has 0 bridgehead atoms. The third kappa shape index (κ3) is 22.4. The summed E-state index contributed by atoms with van der Waals surface area (Å²) in [4.78, 5) is 2.46. The van der Waals surface area contributed by atoms with Crippen LogP contribution in [-0.4, -0.2) is 24.0 Å². The highest BCUT2D eigenvalue weighted by Crippen LogP contribution is 2.62. The summed E-state index contributed by atoms with van der Waals surface area (Å²) in [5.74, 6) is 3.41. The van der Waals surface area contributed by atoms with Crippen LogP contribution in [0.1, 0.15) is 294 Å². The molecule has 0 aromatic heterocycles. The van der Waals surface area contributed by atoms with Crippen molar-refractivity contribution in [1.82, 2.24) is 4.90 Å². The van der Waals surface area contributed by atoms with Gasteiger partial charge in [-0.1, -0.05) is 273 Å². The first-order valence-electron chi connectivity index (χ1n) is 37.8. The summed E-state index contributed by atoms with van der Waals surface area (Å²) >= 11 is 0. The van der Waals surface area contributed by atoms with Gasteiger partial charge in [-0.25, -0.2) is 4.39 Å². The van der Waals surface area contributed by atoms with E-state index in [0.29, 0.717) is 35.3 Å². The maximum atomic E-state index is 16.0. The molecule has 2 nitrogen and oxygen atoms in total. The zero-order valence-electron chi connectivity index (χ0n) is 63.3. The summed E-state index contributed by atoms with van der Waals surface area (Å²) in [6.07, 6.45) is 39.9. The third-order valence-corrected chi connectivity index (χ3v) is 20.8. The molecule has 4 aromatic carbocycles. The lowest BCUT2D eigenvalue weighted by Crippen LogP contribution is -2.40. The predicted octanol–water partition coefficient (Wildman–Crippen LogP) is 25.9. The number of unbranched alkanes of at least 4 members (excludes halogenated alkanes) is 1. The van der Waals surface area contributed by atoms with Gasteiger partial charge in [0.25, 0.3) is 0 Å². The molecule has 94 heavy (non-hydrogen) atoms. The van der Waals surface area contributed by atoms with Crippen molar-refractivity contribution in [3.8, 4) is 11.1 Å². The van der Waals surface area contributed by atoms with Crippen molar-refractivity contribution in [2.45, 2.75) is 270 Å². The third-order valence-electron chi connectivity index (χ3n) is 20.8. The molecule has 4 aliphatic carbocycles. The Labute approximate surface area is 578 Å². The Hall–Kier alpha value is -5.77. The van der Waals surface area contributed by atoms with Crippen LogP contribution in [0.25, 0.3) is 46.7 Å². The first kappa shape index (κ1) is 82.5. The van der Waals surface area contributed by atoms with E-state index in [9.17, 15) is 0 Å². The highest BCUT2D eigenvalue weighted by atomic mass is 19.1. The Bertz CT molecular complexity index is 3150. The average Bonchev–Trinajstić information content (AvgIpc) is 1.33. The second-order valence-electron chi connectivity index (χ2n) is 28.1. The number of halogens is 1. The van der Waals surface area contributed by atoms with Gasteiger partial charge in [-0.05, 0) is 240 Å². The number of likely N-dealkylation sites (tertiary alicyclic amines) is 1. The number of hydrogen-bond acceptors (Lipinski definition) is 2. The molecule has 518 valence electrons. The van der Waals surface area contributed by atoms with Crippen LogP contribution in [0.3, 0.4) is 0 Å². The molecule has 5 atom stereocenters. The molecule has 5 fully saturated rings. The summed E-state index contributed by atoms with van der Waals surface area (Å²) in [7, 11) is 0. The van der Waals surface area contributed by atoms with Gasteiger partial charge < -0.3 is 10.6 Å². The van der Waals surface area contributed by atoms with Crippen LogP contribution >= 0.6 is 0 Å². The maximum Gasteiger partial charge on any atom is 0.127 e. The van der Waals surface area contributed by atoms with E-state index in [0.717, 1.165) is 114 Å². The SMILES string of the molecule is C=C/C(=c1/cc(C2CC2)c(-c2c(C)c(F)cc(C(C)C)c2C=C)c(C=CCc2ccc(C(=C)C3CCC4(CCC4)C3)cc2)c1=C)N1CC(C)CC1CN.C=CCCC(CCC)CCCC.C=CCCC1(C(=C)c2ccc(CC)cc2)CC1=C.CC.CC.CC.CCC(C)C. The van der Waals surface area contributed by atoms with Crippen LogP contribution in [0.15, 0.2) is 137 Å². The van der Waals surface area contributed by atoms with Crippen molar-refractivity contribution < 1.29 is 4.39 Å². The van der Waals surface area contributed by atoms with E-state index in [-0.39, 0.29) is 23.2 Å². The molecule has 4 aromatic rings. The van der Waals surface area contributed by atoms with Gasteiger partial charge in [0.1, 0.15) is 5.82 Å². The number of rotatable bonds is 27. The molecule has 1 spiro atoms. The van der Waals surface area contributed by atoms with Gasteiger partial charge in [0, 0.05) is 35.5 Å². The number of nitrogens with zero attached hydrogens (tertiary/aromatic N) is 1. The topological polar surface area (TPSA) is 29.3 Å². The highest BCUT2D eigenvalue weighted by Gasteiger charge is 2.49. The highest BCUT2D eigenvalue weighted by molar-refractivity contribution is 5.88. The van der Waals surface area contributed by atoms with E-state index >= 15 is 4.39 Å². The van der Waals surface area contributed by atoms with Gasteiger partial charge in [-0.3, -0.25) is 0 Å². The minimum atomic E-state index is -0.169. The van der Waals surface area contributed by atoms with Crippen molar-refractivity contribution in [3.63, 3.8) is 0 Å².